The molecule has 0 radical (unpaired) electrons. The molecule has 1 heterocycles. The van der Waals surface area contributed by atoms with Gasteiger partial charge in [0.15, 0.2) is 5.69 Å². The summed E-state index contributed by atoms with van der Waals surface area (Å²) >= 11 is 0. The molecule has 186 valence electrons. The van der Waals surface area contributed by atoms with E-state index < -0.39 is 24.2 Å². The Kier molecular flexibility index (Phi) is 9.18. The van der Waals surface area contributed by atoms with Crippen LogP contribution in [0.25, 0.3) is 5.69 Å². The highest BCUT2D eigenvalue weighted by Gasteiger charge is 2.17. The largest absolute Gasteiger partial charge is 0.489 e. The van der Waals surface area contributed by atoms with Gasteiger partial charge >= 0.3 is 0 Å². The first kappa shape index (κ1) is 25.7. The second kappa shape index (κ2) is 12.5. The normalized spacial score (nSPS) is 10.7. The van der Waals surface area contributed by atoms with E-state index in [4.69, 9.17) is 9.47 Å². The maximum Gasteiger partial charge on any atom is 0.273 e. The summed E-state index contributed by atoms with van der Waals surface area (Å²) in [5, 5.41) is 13.0. The topological polar surface area (TPSA) is 107 Å². The van der Waals surface area contributed by atoms with Gasteiger partial charge < -0.3 is 20.1 Å². The van der Waals surface area contributed by atoms with E-state index in [9.17, 15) is 22.8 Å². The minimum atomic E-state index is -0.779. The number of nitrogens with one attached hydrogen (secondary N) is 2. The number of rotatable bonds is 12. The number of ether oxygens (including phenoxy) is 2. The van der Waals surface area contributed by atoms with E-state index in [0.717, 1.165) is 12.1 Å². The smallest absolute Gasteiger partial charge is 0.273 e. The molecule has 2 aromatic carbocycles. The van der Waals surface area contributed by atoms with Crippen LogP contribution in [0.4, 0.5) is 13.2 Å². The van der Waals surface area contributed by atoms with Gasteiger partial charge in [0, 0.05) is 30.3 Å². The summed E-state index contributed by atoms with van der Waals surface area (Å²) in [6.45, 7) is 1.59. The molecule has 0 aliphatic carbocycles. The molecule has 35 heavy (non-hydrogen) atoms. The van der Waals surface area contributed by atoms with Crippen LogP contribution in [0, 0.1) is 11.6 Å². The Bertz CT molecular complexity index is 1170. The molecule has 3 rings (SSSR count). The van der Waals surface area contributed by atoms with E-state index in [1.807, 2.05) is 0 Å². The molecule has 0 unspecified atom stereocenters. The maximum absolute atomic E-state index is 13.8. The summed E-state index contributed by atoms with van der Waals surface area (Å²) in [6.07, 6.45) is 1.34. The van der Waals surface area contributed by atoms with Crippen LogP contribution < -0.4 is 15.4 Å². The Hall–Kier alpha value is -3.93. The minimum absolute atomic E-state index is 0.0570. The van der Waals surface area contributed by atoms with Gasteiger partial charge in [-0.15, -0.1) is 5.10 Å². The molecule has 12 heteroatoms. The average molecular weight is 491 g/mol. The number of benzene rings is 2. The molecule has 0 fully saturated rings. The van der Waals surface area contributed by atoms with Crippen molar-refractivity contribution < 1.29 is 32.2 Å². The highest BCUT2D eigenvalue weighted by Crippen LogP contribution is 2.24. The predicted octanol–water partition coefficient (Wildman–Crippen LogP) is 2.59. The Morgan fingerprint density at radius 2 is 1.86 bits per heavy atom. The fourth-order valence-corrected chi connectivity index (χ4v) is 3.01. The first-order valence-electron chi connectivity index (χ1n) is 10.8. The first-order valence-corrected chi connectivity index (χ1v) is 10.8. The van der Waals surface area contributed by atoms with E-state index >= 15 is 0 Å². The van der Waals surface area contributed by atoms with Crippen molar-refractivity contribution in [1.29, 1.82) is 0 Å². The number of carbonyl (C=O) groups is 2. The lowest BCUT2D eigenvalue weighted by atomic mass is 10.1. The van der Waals surface area contributed by atoms with Crippen LogP contribution in [0.15, 0.2) is 42.6 Å². The zero-order valence-electron chi connectivity index (χ0n) is 18.9. The molecule has 0 bridgehead atoms. The van der Waals surface area contributed by atoms with Crippen LogP contribution in [-0.2, 0) is 11.3 Å². The summed E-state index contributed by atoms with van der Waals surface area (Å²) in [5.74, 6) is -2.16. The van der Waals surface area contributed by atoms with Crippen molar-refractivity contribution in [2.45, 2.75) is 13.5 Å². The van der Waals surface area contributed by atoms with Gasteiger partial charge in [0.2, 0.25) is 0 Å². The molecule has 0 atom stereocenters. The van der Waals surface area contributed by atoms with Crippen LogP contribution in [0.1, 0.15) is 33.3 Å². The zero-order chi connectivity index (χ0) is 25.2. The van der Waals surface area contributed by atoms with Crippen molar-refractivity contribution in [3.05, 3.63) is 71.1 Å². The van der Waals surface area contributed by atoms with Crippen molar-refractivity contribution in [1.82, 2.24) is 25.6 Å². The number of carbonyl (C=O) groups excluding carboxylic acids is 2. The molecule has 2 amide bonds. The van der Waals surface area contributed by atoms with E-state index in [1.54, 1.807) is 19.1 Å². The average Bonchev–Trinajstić information content (AvgIpc) is 3.33. The molecule has 0 aliphatic rings. The van der Waals surface area contributed by atoms with Crippen molar-refractivity contribution in [3.63, 3.8) is 0 Å². The van der Waals surface area contributed by atoms with Gasteiger partial charge in [-0.1, -0.05) is 11.3 Å². The number of alkyl halides is 1. The summed E-state index contributed by atoms with van der Waals surface area (Å²) in [5.41, 5.74) is 0.783. The van der Waals surface area contributed by atoms with Crippen molar-refractivity contribution in [2.24, 2.45) is 0 Å². The number of hydrogen-bond acceptors (Lipinski definition) is 6. The van der Waals surface area contributed by atoms with Gasteiger partial charge in [-0.25, -0.2) is 17.9 Å². The minimum Gasteiger partial charge on any atom is -0.489 e. The number of amides is 2. The third kappa shape index (κ3) is 7.03. The third-order valence-corrected chi connectivity index (χ3v) is 4.69. The molecule has 1 aromatic heterocycles. The van der Waals surface area contributed by atoms with Gasteiger partial charge in [-0.3, -0.25) is 9.59 Å². The Morgan fingerprint density at radius 1 is 1.03 bits per heavy atom. The number of hydrogen-bond donors (Lipinski definition) is 2. The maximum atomic E-state index is 13.8. The van der Waals surface area contributed by atoms with Crippen molar-refractivity contribution in [3.8, 4) is 11.4 Å². The van der Waals surface area contributed by atoms with Gasteiger partial charge in [0.05, 0.1) is 19.4 Å². The molecule has 3 aromatic rings. The lowest BCUT2D eigenvalue weighted by molar-refractivity contribution is 0.0894. The standard InChI is InChI=1S/C23H24F3N5O4/c1-2-27-22(32)15-4-6-20(21(11-15)35-10-9-34-8-7-24)31-14-19(29-30-31)23(33)28-13-16-3-5-17(25)12-18(16)26/h3-6,11-12,14H,2,7-10,13H2,1H3,(H,27,32)(H,28,33). The van der Waals surface area contributed by atoms with Gasteiger partial charge in [-0.2, -0.15) is 0 Å². The lowest BCUT2D eigenvalue weighted by Crippen LogP contribution is -2.23. The Morgan fingerprint density at radius 3 is 2.60 bits per heavy atom. The third-order valence-electron chi connectivity index (χ3n) is 4.69. The SMILES string of the molecule is CCNC(=O)c1ccc(-n2cc(C(=O)NCc3ccc(F)cc3F)nn2)c(OCCOCCF)c1. The summed E-state index contributed by atoms with van der Waals surface area (Å²) in [7, 11) is 0. The highest BCUT2D eigenvalue weighted by molar-refractivity contribution is 5.95. The molecule has 9 nitrogen and oxygen atoms in total. The molecular weight excluding hydrogens is 467 g/mol. The molecular formula is C23H24F3N5O4. The fourth-order valence-electron chi connectivity index (χ4n) is 3.01. The van der Waals surface area contributed by atoms with Gasteiger partial charge in [0.1, 0.15) is 36.4 Å². The number of halogens is 3. The summed E-state index contributed by atoms with van der Waals surface area (Å²) < 4.78 is 51.1. The van der Waals surface area contributed by atoms with Crippen molar-refractivity contribution in [2.75, 3.05) is 33.0 Å². The van der Waals surface area contributed by atoms with Gasteiger partial charge in [0.25, 0.3) is 11.8 Å². The quantitative estimate of drug-likeness (QED) is 0.377. The van der Waals surface area contributed by atoms with Crippen molar-refractivity contribution >= 4 is 11.8 Å². The highest BCUT2D eigenvalue weighted by atomic mass is 19.1. The van der Waals surface area contributed by atoms with E-state index in [0.29, 0.717) is 17.8 Å². The van der Waals surface area contributed by atoms with Crippen LogP contribution in [0.2, 0.25) is 0 Å². The lowest BCUT2D eigenvalue weighted by Gasteiger charge is -2.13. The van der Waals surface area contributed by atoms with Crippen LogP contribution >= 0.6 is 0 Å². The van der Waals surface area contributed by atoms with Gasteiger partial charge in [-0.05, 0) is 31.2 Å². The second-order valence-corrected chi connectivity index (χ2v) is 7.16. The van der Waals surface area contributed by atoms with E-state index in [1.165, 1.54) is 23.0 Å². The molecule has 0 saturated carbocycles. The summed E-state index contributed by atoms with van der Waals surface area (Å²) in [4.78, 5) is 24.7. The molecule has 0 saturated heterocycles. The molecule has 0 aliphatic heterocycles. The molecule has 0 spiro atoms. The van der Waals surface area contributed by atoms with E-state index in [2.05, 4.69) is 20.9 Å². The van der Waals surface area contributed by atoms with Crippen LogP contribution in [0.5, 0.6) is 5.75 Å². The van der Waals surface area contributed by atoms with Crippen LogP contribution in [-0.4, -0.2) is 59.8 Å². The Balaban J connectivity index is 1.75. The molecule has 2 N–H and O–H groups in total. The van der Waals surface area contributed by atoms with E-state index in [-0.39, 0.29) is 49.3 Å². The second-order valence-electron chi connectivity index (χ2n) is 7.16. The fraction of sp³-hybridized carbons (Fsp3) is 0.304. The van der Waals surface area contributed by atoms with Crippen LogP contribution in [0.3, 0.4) is 0 Å². The summed E-state index contributed by atoms with van der Waals surface area (Å²) in [6, 6.07) is 7.70. The number of nitrogens with zero attached hydrogens (tertiary/aromatic N) is 3. The number of aromatic nitrogens is 3. The Labute approximate surface area is 199 Å². The monoisotopic (exact) mass is 491 g/mol. The first-order chi connectivity index (χ1) is 16.9. The predicted molar refractivity (Wildman–Crippen MR) is 119 cm³/mol. The zero-order valence-corrected chi connectivity index (χ0v) is 18.9.